The lowest BCUT2D eigenvalue weighted by Crippen LogP contribution is -2.38. The summed E-state index contributed by atoms with van der Waals surface area (Å²) in [7, 11) is 1.58. The van der Waals surface area contributed by atoms with Gasteiger partial charge in [-0.3, -0.25) is 9.59 Å². The monoisotopic (exact) mass is 478 g/mol. The molecular weight excluding hydrogens is 452 g/mol. The van der Waals surface area contributed by atoms with Crippen molar-refractivity contribution in [1.29, 1.82) is 0 Å². The first-order chi connectivity index (χ1) is 16.4. The summed E-state index contributed by atoms with van der Waals surface area (Å²) >= 11 is 6.16. The number of hydrogen-bond acceptors (Lipinski definition) is 5. The Morgan fingerprint density at radius 1 is 1.03 bits per heavy atom. The van der Waals surface area contributed by atoms with Crippen LogP contribution < -0.4 is 20.3 Å². The van der Waals surface area contributed by atoms with Crippen LogP contribution in [0.25, 0.3) is 0 Å². The van der Waals surface area contributed by atoms with E-state index >= 15 is 0 Å². The highest BCUT2D eigenvalue weighted by atomic mass is 35.5. The molecule has 4 rings (SSSR count). The minimum absolute atomic E-state index is 0.000975. The molecule has 1 aromatic heterocycles. The SMILES string of the molecule is COc1cccc(NC(=O)c2ccnc(N3CCC(C(=O)Nc4ccc(C)c(Cl)c4)CC3)c2)c1. The molecule has 2 aromatic carbocycles. The largest absolute Gasteiger partial charge is 0.497 e. The summed E-state index contributed by atoms with van der Waals surface area (Å²) in [6, 6.07) is 16.2. The van der Waals surface area contributed by atoms with Crippen molar-refractivity contribution in [3.8, 4) is 5.75 Å². The van der Waals surface area contributed by atoms with Gasteiger partial charge in [-0.2, -0.15) is 0 Å². The van der Waals surface area contributed by atoms with E-state index in [0.29, 0.717) is 53.6 Å². The topological polar surface area (TPSA) is 83.6 Å². The van der Waals surface area contributed by atoms with Crippen LogP contribution in [0.5, 0.6) is 5.75 Å². The van der Waals surface area contributed by atoms with Gasteiger partial charge >= 0.3 is 0 Å². The number of nitrogens with zero attached hydrogens (tertiary/aromatic N) is 2. The second-order valence-electron chi connectivity index (χ2n) is 8.30. The van der Waals surface area contributed by atoms with E-state index in [4.69, 9.17) is 16.3 Å². The lowest BCUT2D eigenvalue weighted by Gasteiger charge is -2.32. The Bertz CT molecular complexity index is 1190. The molecule has 0 unspecified atom stereocenters. The van der Waals surface area contributed by atoms with Gasteiger partial charge in [0.1, 0.15) is 11.6 Å². The normalized spacial score (nSPS) is 13.9. The van der Waals surface area contributed by atoms with Crippen LogP contribution in [-0.4, -0.2) is 37.0 Å². The lowest BCUT2D eigenvalue weighted by atomic mass is 9.95. The van der Waals surface area contributed by atoms with Crippen molar-refractivity contribution in [1.82, 2.24) is 4.98 Å². The van der Waals surface area contributed by atoms with Gasteiger partial charge in [0.15, 0.2) is 0 Å². The van der Waals surface area contributed by atoms with Gasteiger partial charge in [0, 0.05) is 53.2 Å². The van der Waals surface area contributed by atoms with E-state index in [1.807, 2.05) is 37.3 Å². The number of benzene rings is 2. The van der Waals surface area contributed by atoms with Crippen LogP contribution in [0.3, 0.4) is 0 Å². The molecule has 176 valence electrons. The molecule has 0 atom stereocenters. The minimum Gasteiger partial charge on any atom is -0.497 e. The number of aryl methyl sites for hydroxylation is 1. The zero-order valence-electron chi connectivity index (χ0n) is 19.2. The molecule has 8 heteroatoms. The molecule has 1 saturated heterocycles. The number of anilines is 3. The predicted octanol–water partition coefficient (Wildman–Crippen LogP) is 5.16. The molecule has 3 aromatic rings. The molecule has 1 aliphatic rings. The zero-order chi connectivity index (χ0) is 24.1. The molecule has 2 N–H and O–H groups in total. The van der Waals surface area contributed by atoms with E-state index in [2.05, 4.69) is 20.5 Å². The second-order valence-corrected chi connectivity index (χ2v) is 8.71. The Kier molecular flexibility index (Phi) is 7.33. The number of carbonyl (C=O) groups excluding carboxylic acids is 2. The predicted molar refractivity (Wildman–Crippen MR) is 135 cm³/mol. The van der Waals surface area contributed by atoms with Gasteiger partial charge in [0.25, 0.3) is 5.91 Å². The number of amides is 2. The Labute approximate surface area is 204 Å². The molecule has 0 spiro atoms. The maximum atomic E-state index is 12.7. The third-order valence-corrected chi connectivity index (χ3v) is 6.37. The average molecular weight is 479 g/mol. The maximum Gasteiger partial charge on any atom is 0.255 e. The highest BCUT2D eigenvalue weighted by Gasteiger charge is 2.26. The fourth-order valence-electron chi connectivity index (χ4n) is 3.92. The summed E-state index contributed by atoms with van der Waals surface area (Å²) in [5.41, 5.74) is 2.85. The van der Waals surface area contributed by atoms with Gasteiger partial charge in [0.2, 0.25) is 5.91 Å². The van der Waals surface area contributed by atoms with E-state index in [9.17, 15) is 9.59 Å². The van der Waals surface area contributed by atoms with Gasteiger partial charge in [-0.05, 0) is 61.7 Å². The highest BCUT2D eigenvalue weighted by Crippen LogP contribution is 2.26. The summed E-state index contributed by atoms with van der Waals surface area (Å²) < 4.78 is 5.21. The van der Waals surface area contributed by atoms with Gasteiger partial charge in [0.05, 0.1) is 7.11 Å². The summed E-state index contributed by atoms with van der Waals surface area (Å²) in [6.07, 6.45) is 3.04. The third-order valence-electron chi connectivity index (χ3n) is 5.96. The number of nitrogens with one attached hydrogen (secondary N) is 2. The molecule has 0 saturated carbocycles. The van der Waals surface area contributed by atoms with Crippen LogP contribution in [0, 0.1) is 12.8 Å². The molecule has 0 aliphatic carbocycles. The summed E-state index contributed by atoms with van der Waals surface area (Å²) in [4.78, 5) is 32.0. The quantitative estimate of drug-likeness (QED) is 0.511. The molecule has 2 amide bonds. The fourth-order valence-corrected chi connectivity index (χ4v) is 4.10. The summed E-state index contributed by atoms with van der Waals surface area (Å²) in [5.74, 6) is 1.09. The van der Waals surface area contributed by atoms with E-state index in [0.717, 1.165) is 11.4 Å². The number of ether oxygens (including phenoxy) is 1. The molecule has 1 aliphatic heterocycles. The number of piperidine rings is 1. The smallest absolute Gasteiger partial charge is 0.255 e. The first kappa shape index (κ1) is 23.6. The lowest BCUT2D eigenvalue weighted by molar-refractivity contribution is -0.120. The molecule has 34 heavy (non-hydrogen) atoms. The Morgan fingerprint density at radius 2 is 1.79 bits per heavy atom. The molecule has 7 nitrogen and oxygen atoms in total. The third kappa shape index (κ3) is 5.66. The second kappa shape index (κ2) is 10.6. The zero-order valence-corrected chi connectivity index (χ0v) is 19.9. The molecule has 0 radical (unpaired) electrons. The van der Waals surface area contributed by atoms with Crippen molar-refractivity contribution >= 4 is 40.6 Å². The van der Waals surface area contributed by atoms with Gasteiger partial charge < -0.3 is 20.3 Å². The summed E-state index contributed by atoms with van der Waals surface area (Å²) in [6.45, 7) is 3.29. The molecule has 0 bridgehead atoms. The van der Waals surface area contributed by atoms with Gasteiger partial charge in [-0.1, -0.05) is 23.7 Å². The van der Waals surface area contributed by atoms with Gasteiger partial charge in [-0.25, -0.2) is 4.98 Å². The highest BCUT2D eigenvalue weighted by molar-refractivity contribution is 6.31. The first-order valence-corrected chi connectivity index (χ1v) is 11.5. The molecule has 1 fully saturated rings. The molecule has 2 heterocycles. The average Bonchev–Trinajstić information content (AvgIpc) is 2.86. The van der Waals surface area contributed by atoms with Crippen LogP contribution in [0.2, 0.25) is 5.02 Å². The standard InChI is InChI=1S/C26H27ClN4O3/c1-17-6-7-21(16-23(17)27)30-25(32)18-9-12-31(13-10-18)24-14-19(8-11-28-24)26(33)29-20-4-3-5-22(15-20)34-2/h3-8,11,14-16,18H,9-10,12-13H2,1-2H3,(H,29,33)(H,30,32). The van der Waals surface area contributed by atoms with Crippen molar-refractivity contribution in [3.05, 3.63) is 76.9 Å². The first-order valence-electron chi connectivity index (χ1n) is 11.2. The Morgan fingerprint density at radius 3 is 2.53 bits per heavy atom. The number of methoxy groups -OCH3 is 1. The minimum atomic E-state index is -0.220. The van der Waals surface area contributed by atoms with Crippen molar-refractivity contribution in [3.63, 3.8) is 0 Å². The van der Waals surface area contributed by atoms with Crippen molar-refractivity contribution in [2.24, 2.45) is 5.92 Å². The molecular formula is C26H27ClN4O3. The van der Waals surface area contributed by atoms with Crippen LogP contribution >= 0.6 is 11.6 Å². The van der Waals surface area contributed by atoms with Crippen LogP contribution in [0.1, 0.15) is 28.8 Å². The Balaban J connectivity index is 1.35. The number of pyridine rings is 1. The Hall–Kier alpha value is -3.58. The van der Waals surface area contributed by atoms with E-state index < -0.39 is 0 Å². The number of hydrogen-bond donors (Lipinski definition) is 2. The maximum absolute atomic E-state index is 12.7. The summed E-state index contributed by atoms with van der Waals surface area (Å²) in [5, 5.41) is 6.49. The number of aromatic nitrogens is 1. The van der Waals surface area contributed by atoms with Crippen molar-refractivity contribution in [2.75, 3.05) is 35.7 Å². The van der Waals surface area contributed by atoms with E-state index in [1.165, 1.54) is 0 Å². The van der Waals surface area contributed by atoms with Crippen LogP contribution in [0.15, 0.2) is 60.8 Å². The number of halogens is 1. The van der Waals surface area contributed by atoms with Crippen LogP contribution in [0.4, 0.5) is 17.2 Å². The van der Waals surface area contributed by atoms with Gasteiger partial charge in [-0.15, -0.1) is 0 Å². The van der Waals surface area contributed by atoms with Crippen molar-refractivity contribution < 1.29 is 14.3 Å². The van der Waals surface area contributed by atoms with E-state index in [-0.39, 0.29) is 17.7 Å². The van der Waals surface area contributed by atoms with E-state index in [1.54, 1.807) is 37.6 Å². The number of rotatable bonds is 6. The number of carbonyl (C=O) groups is 2. The van der Waals surface area contributed by atoms with Crippen LogP contribution in [-0.2, 0) is 4.79 Å². The van der Waals surface area contributed by atoms with Crippen molar-refractivity contribution in [2.45, 2.75) is 19.8 Å². The fraction of sp³-hybridized carbons (Fsp3) is 0.269.